The molecule has 0 aliphatic carbocycles. The van der Waals surface area contributed by atoms with Crippen molar-refractivity contribution in [2.45, 2.75) is 22.9 Å². The summed E-state index contributed by atoms with van der Waals surface area (Å²) in [6.45, 7) is 3.32. The number of nitrogens with one attached hydrogen (secondary N) is 1. The highest BCUT2D eigenvalue weighted by molar-refractivity contribution is 8.00. The van der Waals surface area contributed by atoms with Crippen LogP contribution >= 0.6 is 11.8 Å². The Morgan fingerprint density at radius 2 is 1.90 bits per heavy atom. The molecule has 0 saturated carbocycles. The molecule has 1 aliphatic heterocycles. The van der Waals surface area contributed by atoms with E-state index >= 15 is 0 Å². The van der Waals surface area contributed by atoms with Crippen molar-refractivity contribution >= 4 is 11.8 Å². The highest BCUT2D eigenvalue weighted by Crippen LogP contribution is 2.37. The fourth-order valence-electron chi connectivity index (χ4n) is 2.34. The Balaban J connectivity index is 2.09. The number of hydrogen-bond donors (Lipinski definition) is 1. The van der Waals surface area contributed by atoms with Crippen molar-refractivity contribution in [1.29, 1.82) is 5.26 Å². The van der Waals surface area contributed by atoms with E-state index in [1.54, 1.807) is 12.1 Å². The molecular weight excluding hydrogens is 299 g/mol. The number of nitrogens with zero attached hydrogens (tertiary/aromatic N) is 2. The summed E-state index contributed by atoms with van der Waals surface area (Å²) >= 11 is -0.139. The van der Waals surface area contributed by atoms with E-state index in [0.717, 1.165) is 38.2 Å². The number of halogens is 3. The number of rotatable bonds is 3. The Hall–Kier alpha value is -1.23. The molecule has 1 atom stereocenters. The summed E-state index contributed by atoms with van der Waals surface area (Å²) in [7, 11) is 0. The van der Waals surface area contributed by atoms with Crippen LogP contribution in [0.3, 0.4) is 0 Å². The van der Waals surface area contributed by atoms with E-state index in [-0.39, 0.29) is 16.7 Å². The first-order valence-corrected chi connectivity index (χ1v) is 7.51. The van der Waals surface area contributed by atoms with Crippen LogP contribution in [-0.4, -0.2) is 36.6 Å². The van der Waals surface area contributed by atoms with Crippen molar-refractivity contribution in [1.82, 2.24) is 10.2 Å². The average Bonchev–Trinajstić information content (AvgIpc) is 2.69. The summed E-state index contributed by atoms with van der Waals surface area (Å²) < 4.78 is 36.9. The second-order valence-electron chi connectivity index (χ2n) is 4.79. The quantitative estimate of drug-likeness (QED) is 0.870. The number of alkyl halides is 3. The molecule has 1 unspecified atom stereocenters. The van der Waals surface area contributed by atoms with Gasteiger partial charge in [-0.05, 0) is 42.4 Å². The van der Waals surface area contributed by atoms with Gasteiger partial charge < -0.3 is 5.32 Å². The Bertz CT molecular complexity index is 488. The first kappa shape index (κ1) is 16.1. The van der Waals surface area contributed by atoms with Crippen molar-refractivity contribution in [3.05, 3.63) is 29.8 Å². The molecule has 21 heavy (non-hydrogen) atoms. The number of hydrogen-bond acceptors (Lipinski definition) is 4. The maximum absolute atomic E-state index is 12.3. The number of benzene rings is 1. The highest BCUT2D eigenvalue weighted by atomic mass is 32.2. The summed E-state index contributed by atoms with van der Waals surface area (Å²) in [5.41, 5.74) is -3.54. The summed E-state index contributed by atoms with van der Waals surface area (Å²) in [6, 6.07) is 7.92. The highest BCUT2D eigenvalue weighted by Gasteiger charge is 2.29. The molecule has 114 valence electrons. The van der Waals surface area contributed by atoms with Crippen LogP contribution in [-0.2, 0) is 0 Å². The molecule has 1 heterocycles. The van der Waals surface area contributed by atoms with Gasteiger partial charge in [0.25, 0.3) is 0 Å². The van der Waals surface area contributed by atoms with Gasteiger partial charge in [0.15, 0.2) is 0 Å². The predicted molar refractivity (Wildman–Crippen MR) is 75.8 cm³/mol. The van der Waals surface area contributed by atoms with E-state index in [1.807, 2.05) is 0 Å². The van der Waals surface area contributed by atoms with Gasteiger partial charge in [-0.15, -0.1) is 0 Å². The first-order valence-electron chi connectivity index (χ1n) is 6.70. The SMILES string of the molecule is N#CC(c1ccc(SC(F)(F)F)cc1)N1CCCNCC1. The van der Waals surface area contributed by atoms with E-state index < -0.39 is 11.6 Å². The summed E-state index contributed by atoms with van der Waals surface area (Å²) in [6.07, 6.45) is 0.959. The summed E-state index contributed by atoms with van der Waals surface area (Å²) in [5, 5.41) is 12.6. The number of nitriles is 1. The molecule has 1 fully saturated rings. The first-order chi connectivity index (χ1) is 9.99. The van der Waals surface area contributed by atoms with Crippen molar-refractivity contribution in [3.8, 4) is 6.07 Å². The zero-order valence-electron chi connectivity index (χ0n) is 11.4. The summed E-state index contributed by atoms with van der Waals surface area (Å²) in [5.74, 6) is 0. The minimum Gasteiger partial charge on any atom is -0.315 e. The topological polar surface area (TPSA) is 39.1 Å². The fourth-order valence-corrected chi connectivity index (χ4v) is 2.88. The molecule has 1 aromatic carbocycles. The minimum atomic E-state index is -4.29. The van der Waals surface area contributed by atoms with E-state index in [4.69, 9.17) is 0 Å². The van der Waals surface area contributed by atoms with Crippen LogP contribution in [0.25, 0.3) is 0 Å². The van der Waals surface area contributed by atoms with Gasteiger partial charge in [0.2, 0.25) is 0 Å². The van der Waals surface area contributed by atoms with Gasteiger partial charge in [-0.1, -0.05) is 12.1 Å². The third-order valence-corrected chi connectivity index (χ3v) is 4.03. The van der Waals surface area contributed by atoms with Crippen LogP contribution in [0.2, 0.25) is 0 Å². The summed E-state index contributed by atoms with van der Waals surface area (Å²) in [4.78, 5) is 2.20. The zero-order valence-corrected chi connectivity index (χ0v) is 12.2. The molecule has 1 aliphatic rings. The third kappa shape index (κ3) is 4.92. The van der Waals surface area contributed by atoms with Gasteiger partial charge in [-0.3, -0.25) is 4.90 Å². The third-order valence-electron chi connectivity index (χ3n) is 3.29. The maximum Gasteiger partial charge on any atom is 0.446 e. The standard InChI is InChI=1S/C14H16F3N3S/c15-14(16,17)21-12-4-2-11(3-5-12)13(10-18)20-8-1-6-19-7-9-20/h2-5,13,19H,1,6-9H2. The molecule has 2 rings (SSSR count). The van der Waals surface area contributed by atoms with Crippen LogP contribution < -0.4 is 5.32 Å². The van der Waals surface area contributed by atoms with E-state index in [0.29, 0.717) is 0 Å². The van der Waals surface area contributed by atoms with Crippen LogP contribution in [0, 0.1) is 11.3 Å². The lowest BCUT2D eigenvalue weighted by atomic mass is 10.1. The van der Waals surface area contributed by atoms with E-state index in [1.165, 1.54) is 12.1 Å². The second-order valence-corrected chi connectivity index (χ2v) is 5.93. The fraction of sp³-hybridized carbons (Fsp3) is 0.500. The molecule has 0 amide bonds. The molecule has 0 bridgehead atoms. The second kappa shape index (κ2) is 7.16. The molecular formula is C14H16F3N3S. The molecule has 3 nitrogen and oxygen atoms in total. The van der Waals surface area contributed by atoms with Gasteiger partial charge in [-0.2, -0.15) is 18.4 Å². The van der Waals surface area contributed by atoms with Gasteiger partial charge in [0.1, 0.15) is 6.04 Å². The van der Waals surface area contributed by atoms with E-state index in [9.17, 15) is 18.4 Å². The maximum atomic E-state index is 12.3. The Morgan fingerprint density at radius 3 is 2.52 bits per heavy atom. The molecule has 0 radical (unpaired) electrons. The van der Waals surface area contributed by atoms with Crippen molar-refractivity contribution in [3.63, 3.8) is 0 Å². The molecule has 1 aromatic rings. The van der Waals surface area contributed by atoms with Crippen LogP contribution in [0.5, 0.6) is 0 Å². The largest absolute Gasteiger partial charge is 0.446 e. The number of thioether (sulfide) groups is 1. The Kier molecular flexibility index (Phi) is 5.51. The lowest BCUT2D eigenvalue weighted by Crippen LogP contribution is -2.31. The monoisotopic (exact) mass is 315 g/mol. The van der Waals surface area contributed by atoms with Crippen LogP contribution in [0.15, 0.2) is 29.2 Å². The van der Waals surface area contributed by atoms with Crippen molar-refractivity contribution in [2.75, 3.05) is 26.2 Å². The van der Waals surface area contributed by atoms with Gasteiger partial charge in [0.05, 0.1) is 6.07 Å². The van der Waals surface area contributed by atoms with Gasteiger partial charge in [0, 0.05) is 24.5 Å². The predicted octanol–water partition coefficient (Wildman–Crippen LogP) is 3.16. The van der Waals surface area contributed by atoms with Crippen molar-refractivity contribution in [2.24, 2.45) is 0 Å². The molecule has 0 aromatic heterocycles. The smallest absolute Gasteiger partial charge is 0.315 e. The van der Waals surface area contributed by atoms with Gasteiger partial charge in [-0.25, -0.2) is 0 Å². The zero-order chi connectivity index (χ0) is 15.3. The van der Waals surface area contributed by atoms with Crippen LogP contribution in [0.1, 0.15) is 18.0 Å². The lowest BCUT2D eigenvalue weighted by molar-refractivity contribution is -0.0328. The van der Waals surface area contributed by atoms with Crippen molar-refractivity contribution < 1.29 is 13.2 Å². The minimum absolute atomic E-state index is 0.139. The average molecular weight is 315 g/mol. The van der Waals surface area contributed by atoms with Crippen LogP contribution in [0.4, 0.5) is 13.2 Å². The van der Waals surface area contributed by atoms with E-state index in [2.05, 4.69) is 16.3 Å². The molecule has 1 N–H and O–H groups in total. The Labute approximate surface area is 126 Å². The Morgan fingerprint density at radius 1 is 1.19 bits per heavy atom. The molecule has 1 saturated heterocycles. The molecule has 7 heteroatoms. The lowest BCUT2D eigenvalue weighted by Gasteiger charge is -2.25. The molecule has 0 spiro atoms. The normalized spacial score (nSPS) is 18.8. The van der Waals surface area contributed by atoms with Gasteiger partial charge >= 0.3 is 5.51 Å².